The summed E-state index contributed by atoms with van der Waals surface area (Å²) in [6, 6.07) is 5.94. The van der Waals surface area contributed by atoms with E-state index in [1.165, 1.54) is 30.6 Å². The van der Waals surface area contributed by atoms with E-state index in [1.54, 1.807) is 22.9 Å². The van der Waals surface area contributed by atoms with Crippen LogP contribution < -0.4 is 14.8 Å². The van der Waals surface area contributed by atoms with E-state index in [0.717, 1.165) is 0 Å². The molecule has 0 atom stereocenters. The van der Waals surface area contributed by atoms with Crippen LogP contribution in [0.5, 0.6) is 11.5 Å². The zero-order chi connectivity index (χ0) is 14.5. The minimum atomic E-state index is -2.97. The summed E-state index contributed by atoms with van der Waals surface area (Å²) in [6.07, 6.45) is 0. The van der Waals surface area contributed by atoms with Gasteiger partial charge in [0.15, 0.2) is 11.5 Å². The molecule has 0 unspecified atom stereocenters. The number of benzene rings is 1. The molecule has 106 valence electrons. The Morgan fingerprint density at radius 2 is 2.10 bits per heavy atom. The molecule has 0 bridgehead atoms. The number of nitrogens with one attached hydrogen (secondary N) is 1. The molecule has 0 saturated heterocycles. The topological polar surface area (TPSA) is 47.6 Å². The average molecular weight is 299 g/mol. The molecule has 1 aromatic heterocycles. The molecular weight excluding hydrogens is 288 g/mol. The summed E-state index contributed by atoms with van der Waals surface area (Å²) < 4.78 is 33.8. The van der Waals surface area contributed by atoms with Gasteiger partial charge >= 0.3 is 6.61 Å². The third-order valence-corrected chi connectivity index (χ3v) is 3.10. The largest absolute Gasteiger partial charge is 0.493 e. The molecule has 0 saturated carbocycles. The van der Waals surface area contributed by atoms with Crippen LogP contribution in [0.2, 0.25) is 0 Å². The van der Waals surface area contributed by atoms with E-state index in [1.807, 2.05) is 0 Å². The quantitative estimate of drug-likeness (QED) is 0.917. The fourth-order valence-corrected chi connectivity index (χ4v) is 2.18. The highest BCUT2D eigenvalue weighted by atomic mass is 32.1. The van der Waals surface area contributed by atoms with Gasteiger partial charge in [0.2, 0.25) is 0 Å². The first-order valence-electron chi connectivity index (χ1n) is 5.56. The lowest BCUT2D eigenvalue weighted by Gasteiger charge is -2.12. The number of amides is 1. The Balaban J connectivity index is 2.18. The average Bonchev–Trinajstić information content (AvgIpc) is 2.92. The number of hydrogen-bond acceptors (Lipinski definition) is 4. The Kier molecular flexibility index (Phi) is 4.52. The van der Waals surface area contributed by atoms with Crippen LogP contribution in [0.15, 0.2) is 35.0 Å². The van der Waals surface area contributed by atoms with Crippen molar-refractivity contribution >= 4 is 22.9 Å². The van der Waals surface area contributed by atoms with Crippen molar-refractivity contribution in [3.05, 3.63) is 40.6 Å². The predicted octanol–water partition coefficient (Wildman–Crippen LogP) is 3.61. The molecule has 0 aliphatic heterocycles. The number of alkyl halides is 2. The summed E-state index contributed by atoms with van der Waals surface area (Å²) in [4.78, 5) is 11.8. The van der Waals surface area contributed by atoms with E-state index >= 15 is 0 Å². The number of thiophene rings is 1. The standard InChI is InChI=1S/C13H11F2NO3S/c1-18-10-3-2-9(6-11(10)19-13(14)15)16-12(17)8-4-5-20-7-8/h2-7,13H,1H3,(H,16,17). The number of carbonyl (C=O) groups excluding carboxylic acids is 1. The van der Waals surface area contributed by atoms with Crippen LogP contribution in [0.3, 0.4) is 0 Å². The molecular formula is C13H11F2NO3S. The maximum Gasteiger partial charge on any atom is 0.387 e. The molecule has 2 aromatic rings. The Morgan fingerprint density at radius 1 is 1.30 bits per heavy atom. The Labute approximate surface area is 117 Å². The van der Waals surface area contributed by atoms with Crippen LogP contribution in [0, 0.1) is 0 Å². The van der Waals surface area contributed by atoms with Gasteiger partial charge in [0, 0.05) is 17.1 Å². The van der Waals surface area contributed by atoms with Crippen molar-refractivity contribution in [2.75, 3.05) is 12.4 Å². The molecule has 1 aromatic carbocycles. The minimum Gasteiger partial charge on any atom is -0.493 e. The molecule has 7 heteroatoms. The summed E-state index contributed by atoms with van der Waals surface area (Å²) in [5, 5.41) is 6.06. The van der Waals surface area contributed by atoms with E-state index in [9.17, 15) is 13.6 Å². The fraction of sp³-hybridized carbons (Fsp3) is 0.154. The zero-order valence-corrected chi connectivity index (χ0v) is 11.2. The van der Waals surface area contributed by atoms with E-state index < -0.39 is 6.61 Å². The van der Waals surface area contributed by atoms with Crippen molar-refractivity contribution in [3.8, 4) is 11.5 Å². The van der Waals surface area contributed by atoms with Gasteiger partial charge in [-0.2, -0.15) is 20.1 Å². The van der Waals surface area contributed by atoms with Gasteiger partial charge in [0.1, 0.15) is 0 Å². The number of ether oxygens (including phenoxy) is 2. The first-order chi connectivity index (χ1) is 9.60. The monoisotopic (exact) mass is 299 g/mol. The molecule has 1 heterocycles. The third-order valence-electron chi connectivity index (χ3n) is 2.42. The molecule has 4 nitrogen and oxygen atoms in total. The van der Waals surface area contributed by atoms with Crippen LogP contribution in [-0.4, -0.2) is 19.6 Å². The van der Waals surface area contributed by atoms with Gasteiger partial charge in [0.25, 0.3) is 5.91 Å². The zero-order valence-electron chi connectivity index (χ0n) is 10.4. The van der Waals surface area contributed by atoms with Gasteiger partial charge in [-0.15, -0.1) is 0 Å². The van der Waals surface area contributed by atoms with Gasteiger partial charge in [-0.3, -0.25) is 4.79 Å². The van der Waals surface area contributed by atoms with Crippen molar-refractivity contribution in [2.24, 2.45) is 0 Å². The summed E-state index contributed by atoms with van der Waals surface area (Å²) in [5.74, 6) is -0.288. The van der Waals surface area contributed by atoms with Crippen LogP contribution in [0.25, 0.3) is 0 Å². The number of hydrogen-bond donors (Lipinski definition) is 1. The maximum atomic E-state index is 12.3. The predicted molar refractivity (Wildman–Crippen MR) is 71.9 cm³/mol. The minimum absolute atomic E-state index is 0.134. The second kappa shape index (κ2) is 6.33. The second-order valence-corrected chi connectivity index (χ2v) is 4.49. The van der Waals surface area contributed by atoms with Crippen LogP contribution in [0.1, 0.15) is 10.4 Å². The Hall–Kier alpha value is -2.15. The molecule has 20 heavy (non-hydrogen) atoms. The van der Waals surface area contributed by atoms with E-state index in [4.69, 9.17) is 4.74 Å². The van der Waals surface area contributed by atoms with E-state index in [0.29, 0.717) is 11.3 Å². The van der Waals surface area contributed by atoms with E-state index in [2.05, 4.69) is 10.1 Å². The van der Waals surface area contributed by atoms with Crippen LogP contribution in [-0.2, 0) is 0 Å². The molecule has 1 amide bonds. The first kappa shape index (κ1) is 14.3. The highest BCUT2D eigenvalue weighted by molar-refractivity contribution is 7.08. The number of methoxy groups -OCH3 is 1. The van der Waals surface area contributed by atoms with E-state index in [-0.39, 0.29) is 17.4 Å². The molecule has 2 rings (SSSR count). The molecule has 0 spiro atoms. The fourth-order valence-electron chi connectivity index (χ4n) is 1.54. The molecule has 0 aliphatic carbocycles. The number of anilines is 1. The number of rotatable bonds is 5. The van der Waals surface area contributed by atoms with Gasteiger partial charge in [0.05, 0.1) is 12.7 Å². The maximum absolute atomic E-state index is 12.3. The molecule has 0 aliphatic rings. The van der Waals surface area contributed by atoms with Crippen LogP contribution in [0.4, 0.5) is 14.5 Å². The van der Waals surface area contributed by atoms with Gasteiger partial charge in [-0.05, 0) is 23.6 Å². The third kappa shape index (κ3) is 3.45. The highest BCUT2D eigenvalue weighted by Crippen LogP contribution is 2.31. The number of halogens is 2. The smallest absolute Gasteiger partial charge is 0.387 e. The Bertz CT molecular complexity index is 587. The van der Waals surface area contributed by atoms with Crippen molar-refractivity contribution in [3.63, 3.8) is 0 Å². The first-order valence-corrected chi connectivity index (χ1v) is 6.51. The lowest BCUT2D eigenvalue weighted by molar-refractivity contribution is -0.0511. The van der Waals surface area contributed by atoms with Gasteiger partial charge in [-0.1, -0.05) is 0 Å². The SMILES string of the molecule is COc1ccc(NC(=O)c2ccsc2)cc1OC(F)F. The second-order valence-electron chi connectivity index (χ2n) is 3.71. The van der Waals surface area contributed by atoms with Crippen LogP contribution >= 0.6 is 11.3 Å². The summed E-state index contributed by atoms with van der Waals surface area (Å²) in [7, 11) is 1.34. The molecule has 0 fully saturated rings. The summed E-state index contributed by atoms with van der Waals surface area (Å²) in [6.45, 7) is -2.97. The lowest BCUT2D eigenvalue weighted by Crippen LogP contribution is -2.11. The normalized spacial score (nSPS) is 10.4. The molecule has 1 N–H and O–H groups in total. The Morgan fingerprint density at radius 3 is 2.70 bits per heavy atom. The summed E-state index contributed by atoms with van der Waals surface area (Å²) in [5.41, 5.74) is 0.847. The van der Waals surface area contributed by atoms with Crippen molar-refractivity contribution < 1.29 is 23.0 Å². The highest BCUT2D eigenvalue weighted by Gasteiger charge is 2.13. The van der Waals surface area contributed by atoms with Crippen molar-refractivity contribution in [2.45, 2.75) is 6.61 Å². The summed E-state index contributed by atoms with van der Waals surface area (Å²) >= 11 is 1.39. The number of carbonyl (C=O) groups is 1. The lowest BCUT2D eigenvalue weighted by atomic mass is 10.2. The van der Waals surface area contributed by atoms with Crippen molar-refractivity contribution in [1.82, 2.24) is 0 Å². The van der Waals surface area contributed by atoms with Gasteiger partial charge in [-0.25, -0.2) is 0 Å². The van der Waals surface area contributed by atoms with Gasteiger partial charge < -0.3 is 14.8 Å². The molecule has 0 radical (unpaired) electrons. The van der Waals surface area contributed by atoms with Crippen molar-refractivity contribution in [1.29, 1.82) is 0 Å².